The maximum Gasteiger partial charge on any atom is 0.573 e. The van der Waals surface area contributed by atoms with Crippen molar-refractivity contribution in [3.63, 3.8) is 0 Å². The number of hydrogen-bond donors (Lipinski definition) is 1. The first-order chi connectivity index (χ1) is 7.39. The van der Waals surface area contributed by atoms with Crippen molar-refractivity contribution in [3.8, 4) is 11.8 Å². The van der Waals surface area contributed by atoms with E-state index in [1.165, 1.54) is 0 Å². The molecular formula is C8H5BrF3N3O. The molecule has 0 amide bonds. The van der Waals surface area contributed by atoms with Gasteiger partial charge in [-0.2, -0.15) is 5.26 Å². The van der Waals surface area contributed by atoms with Crippen LogP contribution in [0.4, 0.5) is 13.2 Å². The Balaban J connectivity index is 3.23. The molecule has 0 radical (unpaired) electrons. The minimum atomic E-state index is -4.86. The van der Waals surface area contributed by atoms with Gasteiger partial charge in [0.25, 0.3) is 0 Å². The molecule has 0 saturated carbocycles. The average molecular weight is 296 g/mol. The first kappa shape index (κ1) is 12.7. The lowest BCUT2D eigenvalue weighted by atomic mass is 10.2. The fourth-order valence-corrected chi connectivity index (χ4v) is 1.51. The monoisotopic (exact) mass is 295 g/mol. The lowest BCUT2D eigenvalue weighted by molar-refractivity contribution is -0.274. The molecule has 1 aromatic heterocycles. The number of nitrogens with zero attached hydrogens (tertiary/aromatic N) is 2. The summed E-state index contributed by atoms with van der Waals surface area (Å²) in [6.07, 6.45) is -4.05. The SMILES string of the molecule is N#Cc1c(OC(F)(F)F)cnc(CN)c1Br. The Hall–Kier alpha value is -1.33. The largest absolute Gasteiger partial charge is 0.573 e. The van der Waals surface area contributed by atoms with Gasteiger partial charge >= 0.3 is 6.36 Å². The second-order valence-electron chi connectivity index (χ2n) is 2.62. The summed E-state index contributed by atoms with van der Waals surface area (Å²) in [6.45, 7) is 0.00155. The molecule has 16 heavy (non-hydrogen) atoms. The van der Waals surface area contributed by atoms with E-state index in [1.807, 2.05) is 0 Å². The number of alkyl halides is 3. The van der Waals surface area contributed by atoms with Crippen LogP contribution in [0.1, 0.15) is 11.3 Å². The highest BCUT2D eigenvalue weighted by atomic mass is 79.9. The van der Waals surface area contributed by atoms with E-state index in [4.69, 9.17) is 11.0 Å². The maximum atomic E-state index is 12.0. The number of nitrogens with two attached hydrogens (primary N) is 1. The first-order valence-electron chi connectivity index (χ1n) is 3.92. The van der Waals surface area contributed by atoms with Gasteiger partial charge in [0.05, 0.1) is 16.4 Å². The molecule has 0 aliphatic rings. The molecule has 0 aliphatic heterocycles. The van der Waals surface area contributed by atoms with Gasteiger partial charge in [0.2, 0.25) is 0 Å². The van der Waals surface area contributed by atoms with E-state index < -0.39 is 12.1 Å². The van der Waals surface area contributed by atoms with Gasteiger partial charge < -0.3 is 10.5 Å². The van der Waals surface area contributed by atoms with Crippen LogP contribution < -0.4 is 10.5 Å². The molecule has 8 heteroatoms. The van der Waals surface area contributed by atoms with Crippen LogP contribution in [0.3, 0.4) is 0 Å². The summed E-state index contributed by atoms with van der Waals surface area (Å²) >= 11 is 2.95. The zero-order chi connectivity index (χ0) is 12.3. The van der Waals surface area contributed by atoms with E-state index in [0.29, 0.717) is 0 Å². The van der Waals surface area contributed by atoms with E-state index in [2.05, 4.69) is 25.7 Å². The van der Waals surface area contributed by atoms with Crippen molar-refractivity contribution in [2.75, 3.05) is 0 Å². The summed E-state index contributed by atoms with van der Waals surface area (Å²) in [7, 11) is 0. The lowest BCUT2D eigenvalue weighted by Gasteiger charge is -2.11. The third-order valence-electron chi connectivity index (χ3n) is 1.59. The van der Waals surface area contributed by atoms with Crippen LogP contribution in [0.2, 0.25) is 0 Å². The van der Waals surface area contributed by atoms with Gasteiger partial charge in [0, 0.05) is 6.54 Å². The molecule has 0 unspecified atom stereocenters. The number of pyridine rings is 1. The molecule has 0 aliphatic carbocycles. The third kappa shape index (κ3) is 2.84. The molecule has 1 heterocycles. The van der Waals surface area contributed by atoms with E-state index in [0.717, 1.165) is 6.20 Å². The second kappa shape index (κ2) is 4.67. The predicted octanol–water partition coefficient (Wildman–Crippen LogP) is 2.07. The molecule has 0 fully saturated rings. The van der Waals surface area contributed by atoms with Crippen molar-refractivity contribution in [1.29, 1.82) is 5.26 Å². The zero-order valence-corrected chi connectivity index (χ0v) is 9.26. The number of ether oxygens (including phenoxy) is 1. The molecule has 1 aromatic rings. The van der Waals surface area contributed by atoms with Crippen molar-refractivity contribution in [1.82, 2.24) is 4.98 Å². The summed E-state index contributed by atoms with van der Waals surface area (Å²) in [4.78, 5) is 3.64. The van der Waals surface area contributed by atoms with Gasteiger partial charge in [-0.3, -0.25) is 4.98 Å². The van der Waals surface area contributed by atoms with E-state index in [9.17, 15) is 13.2 Å². The Labute approximate surface area is 97.0 Å². The predicted molar refractivity (Wildman–Crippen MR) is 51.2 cm³/mol. The molecule has 0 saturated heterocycles. The molecule has 86 valence electrons. The Bertz CT molecular complexity index is 441. The highest BCUT2D eigenvalue weighted by Crippen LogP contribution is 2.31. The summed E-state index contributed by atoms with van der Waals surface area (Å²) in [5, 5.41) is 8.72. The molecule has 0 spiro atoms. The van der Waals surface area contributed by atoms with Crippen LogP contribution in [-0.2, 0) is 6.54 Å². The number of halogens is 4. The summed E-state index contributed by atoms with van der Waals surface area (Å²) in [6, 6.07) is 1.59. The van der Waals surface area contributed by atoms with Crippen molar-refractivity contribution >= 4 is 15.9 Å². The third-order valence-corrected chi connectivity index (χ3v) is 2.44. The van der Waals surface area contributed by atoms with Crippen LogP contribution in [-0.4, -0.2) is 11.3 Å². The lowest BCUT2D eigenvalue weighted by Crippen LogP contribution is -2.18. The van der Waals surface area contributed by atoms with Crippen molar-refractivity contribution in [2.45, 2.75) is 12.9 Å². The maximum absolute atomic E-state index is 12.0. The first-order valence-corrected chi connectivity index (χ1v) is 4.71. The summed E-state index contributed by atoms with van der Waals surface area (Å²) in [5.74, 6) is -0.654. The van der Waals surface area contributed by atoms with Crippen molar-refractivity contribution in [2.24, 2.45) is 5.73 Å². The Morgan fingerprint density at radius 1 is 1.56 bits per heavy atom. The van der Waals surface area contributed by atoms with Crippen LogP contribution in [0.5, 0.6) is 5.75 Å². The quantitative estimate of drug-likeness (QED) is 0.907. The van der Waals surface area contributed by atoms with Gasteiger partial charge in [-0.1, -0.05) is 0 Å². The van der Waals surface area contributed by atoms with Crippen LogP contribution in [0.15, 0.2) is 10.7 Å². The van der Waals surface area contributed by atoms with E-state index >= 15 is 0 Å². The van der Waals surface area contributed by atoms with E-state index in [1.54, 1.807) is 6.07 Å². The Morgan fingerprint density at radius 2 is 2.19 bits per heavy atom. The topological polar surface area (TPSA) is 71.9 Å². The molecule has 2 N–H and O–H groups in total. The average Bonchev–Trinajstić information content (AvgIpc) is 2.16. The number of aromatic nitrogens is 1. The summed E-state index contributed by atoms with van der Waals surface area (Å²) in [5.41, 5.74) is 5.29. The molecule has 0 bridgehead atoms. The Kier molecular flexibility index (Phi) is 3.72. The molecule has 0 aromatic carbocycles. The van der Waals surface area contributed by atoms with Crippen LogP contribution in [0, 0.1) is 11.3 Å². The van der Waals surface area contributed by atoms with Gasteiger partial charge in [-0.25, -0.2) is 0 Å². The highest BCUT2D eigenvalue weighted by molar-refractivity contribution is 9.10. The fraction of sp³-hybridized carbons (Fsp3) is 0.250. The standard InChI is InChI=1S/C8H5BrF3N3O/c9-7-4(1-13)6(16-8(10,11)12)3-15-5(7)2-14/h3H,2,14H2. The number of hydrogen-bond acceptors (Lipinski definition) is 4. The normalized spacial score (nSPS) is 11.0. The molecule has 0 atom stereocenters. The number of nitriles is 1. The molecule has 4 nitrogen and oxygen atoms in total. The fourth-order valence-electron chi connectivity index (χ4n) is 0.959. The minimum absolute atomic E-state index is 0.00155. The van der Waals surface area contributed by atoms with Gasteiger partial charge in [0.1, 0.15) is 11.6 Å². The van der Waals surface area contributed by atoms with Crippen molar-refractivity contribution in [3.05, 3.63) is 21.9 Å². The van der Waals surface area contributed by atoms with Crippen LogP contribution >= 0.6 is 15.9 Å². The molecule has 1 rings (SSSR count). The highest BCUT2D eigenvalue weighted by Gasteiger charge is 2.33. The van der Waals surface area contributed by atoms with Gasteiger partial charge in [-0.05, 0) is 15.9 Å². The number of rotatable bonds is 2. The second-order valence-corrected chi connectivity index (χ2v) is 3.41. The van der Waals surface area contributed by atoms with Gasteiger partial charge in [0.15, 0.2) is 5.75 Å². The van der Waals surface area contributed by atoms with E-state index in [-0.39, 0.29) is 22.3 Å². The zero-order valence-electron chi connectivity index (χ0n) is 7.68. The smallest absolute Gasteiger partial charge is 0.403 e. The Morgan fingerprint density at radius 3 is 2.62 bits per heavy atom. The molecular weight excluding hydrogens is 291 g/mol. The summed E-state index contributed by atoms with van der Waals surface area (Å²) < 4.78 is 39.7. The minimum Gasteiger partial charge on any atom is -0.403 e. The van der Waals surface area contributed by atoms with Crippen LogP contribution in [0.25, 0.3) is 0 Å². The van der Waals surface area contributed by atoms with Gasteiger partial charge in [-0.15, -0.1) is 13.2 Å². The van der Waals surface area contributed by atoms with Crippen molar-refractivity contribution < 1.29 is 17.9 Å².